The number of benzene rings is 1. The van der Waals surface area contributed by atoms with E-state index in [9.17, 15) is 9.59 Å². The van der Waals surface area contributed by atoms with E-state index < -0.39 is 0 Å². The summed E-state index contributed by atoms with van der Waals surface area (Å²) in [5, 5.41) is 2.91. The zero-order valence-electron chi connectivity index (χ0n) is 13.5. The number of aromatic nitrogens is 1. The second kappa shape index (κ2) is 6.60. The topological polar surface area (TPSA) is 62.0 Å². The van der Waals surface area contributed by atoms with E-state index in [-0.39, 0.29) is 11.7 Å². The molecule has 2 rings (SSSR count). The summed E-state index contributed by atoms with van der Waals surface area (Å²) in [5.41, 5.74) is 4.58. The fourth-order valence-corrected chi connectivity index (χ4v) is 2.76. The van der Waals surface area contributed by atoms with Crippen LogP contribution in [0, 0.1) is 6.92 Å². The van der Waals surface area contributed by atoms with Gasteiger partial charge in [0, 0.05) is 16.9 Å². The number of anilines is 1. The van der Waals surface area contributed by atoms with Gasteiger partial charge in [0.25, 0.3) is 5.91 Å². The van der Waals surface area contributed by atoms with Crippen molar-refractivity contribution in [1.29, 1.82) is 0 Å². The van der Waals surface area contributed by atoms with E-state index in [1.54, 1.807) is 0 Å². The van der Waals surface area contributed by atoms with E-state index in [2.05, 4.69) is 17.2 Å². The number of H-pyrrole nitrogens is 1. The summed E-state index contributed by atoms with van der Waals surface area (Å²) in [7, 11) is 0. The van der Waals surface area contributed by atoms with Crippen LogP contribution in [0.5, 0.6) is 0 Å². The van der Waals surface area contributed by atoms with Crippen molar-refractivity contribution in [2.75, 3.05) is 5.32 Å². The molecule has 0 bridgehead atoms. The Labute approximate surface area is 130 Å². The van der Waals surface area contributed by atoms with Crippen LogP contribution in [-0.2, 0) is 12.8 Å². The number of hydrogen-bond donors (Lipinski definition) is 2. The average molecular weight is 298 g/mol. The Hall–Kier alpha value is -2.36. The molecule has 0 atom stereocenters. The number of carbonyl (C=O) groups is 2. The lowest BCUT2D eigenvalue weighted by Crippen LogP contribution is -2.15. The predicted molar refractivity (Wildman–Crippen MR) is 88.7 cm³/mol. The van der Waals surface area contributed by atoms with Crippen molar-refractivity contribution in [2.45, 2.75) is 40.5 Å². The molecule has 2 N–H and O–H groups in total. The average Bonchev–Trinajstić information content (AvgIpc) is 2.84. The molecule has 4 heteroatoms. The lowest BCUT2D eigenvalue weighted by atomic mass is 10.0. The Bertz CT molecular complexity index is 714. The number of aryl methyl sites for hydroxylation is 2. The van der Waals surface area contributed by atoms with Gasteiger partial charge >= 0.3 is 0 Å². The van der Waals surface area contributed by atoms with Crippen molar-refractivity contribution >= 4 is 17.4 Å². The van der Waals surface area contributed by atoms with Gasteiger partial charge in [0.1, 0.15) is 5.69 Å². The van der Waals surface area contributed by atoms with Crippen molar-refractivity contribution < 1.29 is 9.59 Å². The molecule has 1 heterocycles. The summed E-state index contributed by atoms with van der Waals surface area (Å²) in [6.07, 6.45) is 1.55. The molecule has 116 valence electrons. The lowest BCUT2D eigenvalue weighted by molar-refractivity contribution is 0.101. The molecule has 4 nitrogen and oxygen atoms in total. The number of Topliss-reactive ketones (excluding diaryl/α,β-unsaturated/α-hetero) is 1. The molecule has 0 spiro atoms. The van der Waals surface area contributed by atoms with Crippen LogP contribution in [-0.4, -0.2) is 16.7 Å². The van der Waals surface area contributed by atoms with Gasteiger partial charge in [-0.3, -0.25) is 9.59 Å². The van der Waals surface area contributed by atoms with E-state index >= 15 is 0 Å². The highest BCUT2D eigenvalue weighted by molar-refractivity contribution is 6.07. The van der Waals surface area contributed by atoms with Gasteiger partial charge in [0.15, 0.2) is 5.78 Å². The zero-order valence-corrected chi connectivity index (χ0v) is 13.5. The Morgan fingerprint density at radius 2 is 1.91 bits per heavy atom. The summed E-state index contributed by atoms with van der Waals surface area (Å²) >= 11 is 0. The van der Waals surface area contributed by atoms with E-state index in [1.165, 1.54) is 12.5 Å². The summed E-state index contributed by atoms with van der Waals surface area (Å²) in [4.78, 5) is 27.4. The van der Waals surface area contributed by atoms with Gasteiger partial charge in [0.2, 0.25) is 0 Å². The summed E-state index contributed by atoms with van der Waals surface area (Å²) < 4.78 is 0. The second-order valence-corrected chi connectivity index (χ2v) is 5.40. The number of amides is 1. The molecule has 22 heavy (non-hydrogen) atoms. The normalized spacial score (nSPS) is 10.5. The van der Waals surface area contributed by atoms with Crippen LogP contribution < -0.4 is 5.32 Å². The maximum atomic E-state index is 12.5. The monoisotopic (exact) mass is 298 g/mol. The second-order valence-electron chi connectivity index (χ2n) is 5.40. The van der Waals surface area contributed by atoms with Gasteiger partial charge in [-0.15, -0.1) is 0 Å². The fourth-order valence-electron chi connectivity index (χ4n) is 2.76. The molecular formula is C18H22N2O2. The van der Waals surface area contributed by atoms with Crippen LogP contribution in [0.3, 0.4) is 0 Å². The highest BCUT2D eigenvalue weighted by Crippen LogP contribution is 2.21. The number of carbonyl (C=O) groups excluding carboxylic acids is 2. The molecule has 0 unspecified atom stereocenters. The Kier molecular flexibility index (Phi) is 4.81. The van der Waals surface area contributed by atoms with Crippen LogP contribution in [0.1, 0.15) is 58.4 Å². The Morgan fingerprint density at radius 3 is 2.50 bits per heavy atom. The largest absolute Gasteiger partial charge is 0.354 e. The van der Waals surface area contributed by atoms with Gasteiger partial charge in [-0.1, -0.05) is 26.0 Å². The zero-order chi connectivity index (χ0) is 16.3. The van der Waals surface area contributed by atoms with E-state index in [0.29, 0.717) is 17.7 Å². The third-order valence-corrected chi connectivity index (χ3v) is 3.82. The van der Waals surface area contributed by atoms with Crippen molar-refractivity contribution in [3.63, 3.8) is 0 Å². The molecule has 0 radical (unpaired) electrons. The van der Waals surface area contributed by atoms with E-state index in [4.69, 9.17) is 0 Å². The molecule has 0 aliphatic heterocycles. The third kappa shape index (κ3) is 3.11. The fraction of sp³-hybridized carbons (Fsp3) is 0.333. The molecule has 1 amide bonds. The van der Waals surface area contributed by atoms with Gasteiger partial charge in [-0.2, -0.15) is 0 Å². The Balaban J connectivity index is 2.33. The number of nitrogens with one attached hydrogen (secondary N) is 2. The first-order valence-electron chi connectivity index (χ1n) is 7.60. The molecule has 0 aliphatic rings. The summed E-state index contributed by atoms with van der Waals surface area (Å²) in [6.45, 7) is 7.37. The standard InChI is InChI=1S/C18H22N2O2/c1-5-13-8-7-9-14(10-13)20-18(22)17-15(6-2)16(12(4)21)11(3)19-17/h7-10,19H,5-6H2,1-4H3,(H,20,22). The quantitative estimate of drug-likeness (QED) is 0.822. The van der Waals surface area contributed by atoms with Crippen molar-refractivity contribution in [3.8, 4) is 0 Å². The van der Waals surface area contributed by atoms with Crippen molar-refractivity contribution in [3.05, 3.63) is 52.3 Å². The van der Waals surface area contributed by atoms with Gasteiger partial charge in [-0.05, 0) is 49.9 Å². The Morgan fingerprint density at radius 1 is 1.18 bits per heavy atom. The number of hydrogen-bond acceptors (Lipinski definition) is 2. The molecule has 1 aromatic heterocycles. The van der Waals surface area contributed by atoms with Crippen LogP contribution >= 0.6 is 0 Å². The van der Waals surface area contributed by atoms with Gasteiger partial charge in [-0.25, -0.2) is 0 Å². The molecule has 0 aliphatic carbocycles. The lowest BCUT2D eigenvalue weighted by Gasteiger charge is -2.07. The van der Waals surface area contributed by atoms with Crippen LogP contribution in [0.4, 0.5) is 5.69 Å². The molecule has 0 saturated heterocycles. The van der Waals surface area contributed by atoms with Gasteiger partial charge < -0.3 is 10.3 Å². The minimum absolute atomic E-state index is 0.0161. The summed E-state index contributed by atoms with van der Waals surface area (Å²) in [5.74, 6) is -0.224. The predicted octanol–water partition coefficient (Wildman–Crippen LogP) is 3.90. The van der Waals surface area contributed by atoms with Crippen LogP contribution in [0.2, 0.25) is 0 Å². The van der Waals surface area contributed by atoms with Crippen molar-refractivity contribution in [2.24, 2.45) is 0 Å². The number of ketones is 1. The van der Waals surface area contributed by atoms with Crippen LogP contribution in [0.15, 0.2) is 24.3 Å². The maximum Gasteiger partial charge on any atom is 0.272 e. The van der Waals surface area contributed by atoms with Gasteiger partial charge in [0.05, 0.1) is 0 Å². The molecule has 2 aromatic rings. The number of rotatable bonds is 5. The maximum absolute atomic E-state index is 12.5. The molecule has 0 saturated carbocycles. The third-order valence-electron chi connectivity index (χ3n) is 3.82. The first-order valence-corrected chi connectivity index (χ1v) is 7.60. The SMILES string of the molecule is CCc1cccc(NC(=O)c2[nH]c(C)c(C(C)=O)c2CC)c1. The summed E-state index contributed by atoms with van der Waals surface area (Å²) in [6, 6.07) is 7.78. The minimum atomic E-state index is -0.208. The van der Waals surface area contributed by atoms with E-state index in [1.807, 2.05) is 38.1 Å². The minimum Gasteiger partial charge on any atom is -0.354 e. The van der Waals surface area contributed by atoms with Crippen molar-refractivity contribution in [1.82, 2.24) is 4.98 Å². The smallest absolute Gasteiger partial charge is 0.272 e. The highest BCUT2D eigenvalue weighted by Gasteiger charge is 2.21. The first kappa shape index (κ1) is 16.0. The molecule has 0 fully saturated rings. The first-order chi connectivity index (χ1) is 10.5. The highest BCUT2D eigenvalue weighted by atomic mass is 16.2. The van der Waals surface area contributed by atoms with E-state index in [0.717, 1.165) is 23.4 Å². The number of aromatic amines is 1. The molecular weight excluding hydrogens is 276 g/mol. The van der Waals surface area contributed by atoms with Crippen LogP contribution in [0.25, 0.3) is 0 Å². The molecule has 1 aromatic carbocycles.